The number of hydrogen-bond acceptors (Lipinski definition) is 4. The molecule has 21 heavy (non-hydrogen) atoms. The molecule has 1 unspecified atom stereocenters. The Morgan fingerprint density at radius 1 is 1.38 bits per heavy atom. The third kappa shape index (κ3) is 2.37. The van der Waals surface area contributed by atoms with Crippen LogP contribution in [0.25, 0.3) is 0 Å². The number of carboxylic acid groups (broad SMARTS) is 1. The maximum atomic E-state index is 12.6. The second-order valence-electron chi connectivity index (χ2n) is 5.05. The highest BCUT2D eigenvalue weighted by Gasteiger charge is 2.32. The van der Waals surface area contributed by atoms with Gasteiger partial charge in [-0.05, 0) is 25.0 Å². The van der Waals surface area contributed by atoms with Crippen LogP contribution in [0, 0.1) is 0 Å². The number of nitrogens with zero attached hydrogens (tertiary/aromatic N) is 4. The summed E-state index contributed by atoms with van der Waals surface area (Å²) >= 11 is 0. The topological polar surface area (TPSA) is 88.3 Å². The molecule has 0 fully saturated rings. The van der Waals surface area contributed by atoms with Gasteiger partial charge in [0.15, 0.2) is 5.69 Å². The van der Waals surface area contributed by atoms with E-state index in [-0.39, 0.29) is 24.2 Å². The number of para-hydroxylation sites is 1. The molecule has 0 aliphatic carbocycles. The number of carboxylic acids is 1. The first-order valence-corrected chi connectivity index (χ1v) is 6.59. The molecule has 0 saturated heterocycles. The Bertz CT molecular complexity index is 710. The first-order valence-electron chi connectivity index (χ1n) is 6.59. The van der Waals surface area contributed by atoms with Crippen LogP contribution < -0.4 is 4.90 Å². The van der Waals surface area contributed by atoms with Gasteiger partial charge in [0.25, 0.3) is 5.91 Å². The lowest BCUT2D eigenvalue weighted by Gasteiger charge is -2.21. The van der Waals surface area contributed by atoms with E-state index in [1.54, 1.807) is 4.90 Å². The minimum Gasteiger partial charge on any atom is -0.480 e. The van der Waals surface area contributed by atoms with Gasteiger partial charge in [-0.25, -0.2) is 4.68 Å². The Hall–Kier alpha value is -2.70. The van der Waals surface area contributed by atoms with Gasteiger partial charge in [-0.15, -0.1) is 5.10 Å². The molecule has 1 aliphatic heterocycles. The third-order valence-corrected chi connectivity index (χ3v) is 3.48. The SMILES string of the molecule is CC1Cc2ccccc2N1C(=O)c1cn(CC(=O)O)nn1. The number of benzene rings is 1. The van der Waals surface area contributed by atoms with E-state index in [4.69, 9.17) is 5.11 Å². The molecule has 1 aromatic carbocycles. The Kier molecular flexibility index (Phi) is 3.17. The standard InChI is InChI=1S/C14H14N4O3/c1-9-6-10-4-2-3-5-12(10)18(9)14(21)11-7-17(16-15-11)8-13(19)20/h2-5,7,9H,6,8H2,1H3,(H,19,20). The van der Waals surface area contributed by atoms with Gasteiger partial charge in [0, 0.05) is 11.7 Å². The molecule has 2 aromatic rings. The van der Waals surface area contributed by atoms with Crippen molar-refractivity contribution in [1.29, 1.82) is 0 Å². The molecule has 0 radical (unpaired) electrons. The molecule has 1 atom stereocenters. The highest BCUT2D eigenvalue weighted by atomic mass is 16.4. The molecule has 1 aromatic heterocycles. The van der Waals surface area contributed by atoms with E-state index in [2.05, 4.69) is 10.3 Å². The fourth-order valence-corrected chi connectivity index (χ4v) is 2.61. The number of aliphatic carboxylic acids is 1. The Balaban J connectivity index is 1.88. The van der Waals surface area contributed by atoms with Crippen molar-refractivity contribution in [2.24, 2.45) is 0 Å². The molecule has 2 heterocycles. The molecule has 7 heteroatoms. The van der Waals surface area contributed by atoms with E-state index in [0.717, 1.165) is 22.4 Å². The summed E-state index contributed by atoms with van der Waals surface area (Å²) in [5.41, 5.74) is 2.15. The summed E-state index contributed by atoms with van der Waals surface area (Å²) in [6, 6.07) is 7.78. The highest BCUT2D eigenvalue weighted by molar-refractivity contribution is 6.06. The van der Waals surface area contributed by atoms with Crippen LogP contribution in [0.4, 0.5) is 5.69 Å². The number of hydrogen-bond donors (Lipinski definition) is 1. The van der Waals surface area contributed by atoms with Crippen LogP contribution in [0.3, 0.4) is 0 Å². The molecule has 1 amide bonds. The molecular weight excluding hydrogens is 272 g/mol. The summed E-state index contributed by atoms with van der Waals surface area (Å²) in [6.45, 7) is 1.66. The molecule has 0 spiro atoms. The number of anilines is 1. The van der Waals surface area contributed by atoms with Gasteiger partial charge in [-0.3, -0.25) is 9.59 Å². The van der Waals surface area contributed by atoms with Crippen LogP contribution in [0.2, 0.25) is 0 Å². The number of aromatic nitrogens is 3. The first-order chi connectivity index (χ1) is 10.1. The van der Waals surface area contributed by atoms with Gasteiger partial charge < -0.3 is 10.0 Å². The number of rotatable bonds is 3. The molecule has 1 aliphatic rings. The number of amides is 1. The summed E-state index contributed by atoms with van der Waals surface area (Å²) in [6.07, 6.45) is 2.16. The van der Waals surface area contributed by atoms with Gasteiger partial charge in [0.05, 0.1) is 6.20 Å². The van der Waals surface area contributed by atoms with E-state index in [1.165, 1.54) is 6.20 Å². The van der Waals surface area contributed by atoms with Gasteiger partial charge in [0.1, 0.15) is 6.54 Å². The summed E-state index contributed by atoms with van der Waals surface area (Å²) < 4.78 is 1.14. The molecule has 0 saturated carbocycles. The quantitative estimate of drug-likeness (QED) is 0.907. The van der Waals surface area contributed by atoms with Gasteiger partial charge in [-0.2, -0.15) is 0 Å². The average Bonchev–Trinajstić information content (AvgIpc) is 3.00. The van der Waals surface area contributed by atoms with E-state index in [0.29, 0.717) is 0 Å². The van der Waals surface area contributed by atoms with Crippen molar-refractivity contribution in [3.8, 4) is 0 Å². The molecular formula is C14H14N4O3. The Morgan fingerprint density at radius 3 is 2.90 bits per heavy atom. The number of carbonyl (C=O) groups excluding carboxylic acids is 1. The van der Waals surface area contributed by atoms with E-state index in [9.17, 15) is 9.59 Å². The van der Waals surface area contributed by atoms with Crippen molar-refractivity contribution in [3.63, 3.8) is 0 Å². The first kappa shape index (κ1) is 13.3. The van der Waals surface area contributed by atoms with Crippen molar-refractivity contribution in [2.75, 3.05) is 4.90 Å². The van der Waals surface area contributed by atoms with Gasteiger partial charge in [0.2, 0.25) is 0 Å². The summed E-state index contributed by atoms with van der Waals surface area (Å²) in [5, 5.41) is 16.2. The Morgan fingerprint density at radius 2 is 2.14 bits per heavy atom. The van der Waals surface area contributed by atoms with Crippen molar-refractivity contribution in [3.05, 3.63) is 41.7 Å². The van der Waals surface area contributed by atoms with E-state index < -0.39 is 5.97 Å². The highest BCUT2D eigenvalue weighted by Crippen LogP contribution is 2.32. The van der Waals surface area contributed by atoms with Crippen molar-refractivity contribution in [2.45, 2.75) is 25.9 Å². The van der Waals surface area contributed by atoms with Crippen LogP contribution in [0.1, 0.15) is 23.0 Å². The molecule has 108 valence electrons. The van der Waals surface area contributed by atoms with E-state index in [1.807, 2.05) is 31.2 Å². The van der Waals surface area contributed by atoms with Crippen LogP contribution in [0.5, 0.6) is 0 Å². The minimum atomic E-state index is -1.03. The fourth-order valence-electron chi connectivity index (χ4n) is 2.61. The molecule has 0 bridgehead atoms. The van der Waals surface area contributed by atoms with Crippen LogP contribution in [0.15, 0.2) is 30.5 Å². The lowest BCUT2D eigenvalue weighted by atomic mass is 10.1. The minimum absolute atomic E-state index is 0.0412. The zero-order valence-electron chi connectivity index (χ0n) is 11.4. The zero-order valence-corrected chi connectivity index (χ0v) is 11.4. The maximum absolute atomic E-state index is 12.6. The fraction of sp³-hybridized carbons (Fsp3) is 0.286. The van der Waals surface area contributed by atoms with Gasteiger partial charge >= 0.3 is 5.97 Å². The second kappa shape index (κ2) is 5.01. The monoisotopic (exact) mass is 286 g/mol. The van der Waals surface area contributed by atoms with Gasteiger partial charge in [-0.1, -0.05) is 23.4 Å². The van der Waals surface area contributed by atoms with Crippen LogP contribution in [-0.2, 0) is 17.8 Å². The lowest BCUT2D eigenvalue weighted by Crippen LogP contribution is -2.36. The summed E-state index contributed by atoms with van der Waals surface area (Å²) in [4.78, 5) is 24.9. The normalized spacial score (nSPS) is 16.8. The largest absolute Gasteiger partial charge is 0.480 e. The second-order valence-corrected chi connectivity index (χ2v) is 5.05. The van der Waals surface area contributed by atoms with E-state index >= 15 is 0 Å². The number of fused-ring (bicyclic) bond motifs is 1. The van der Waals surface area contributed by atoms with Crippen LogP contribution in [-0.4, -0.2) is 38.0 Å². The predicted molar refractivity (Wildman–Crippen MR) is 74.1 cm³/mol. The summed E-state index contributed by atoms with van der Waals surface area (Å²) in [5.74, 6) is -1.29. The maximum Gasteiger partial charge on any atom is 0.325 e. The van der Waals surface area contributed by atoms with Crippen molar-refractivity contribution >= 4 is 17.6 Å². The smallest absolute Gasteiger partial charge is 0.325 e. The number of carbonyl (C=O) groups is 2. The molecule has 1 N–H and O–H groups in total. The summed E-state index contributed by atoms with van der Waals surface area (Å²) in [7, 11) is 0. The van der Waals surface area contributed by atoms with Crippen molar-refractivity contribution < 1.29 is 14.7 Å². The molecule has 3 rings (SSSR count). The molecule has 7 nitrogen and oxygen atoms in total. The zero-order chi connectivity index (χ0) is 15.0. The lowest BCUT2D eigenvalue weighted by molar-refractivity contribution is -0.137. The van der Waals surface area contributed by atoms with Crippen LogP contribution >= 0.6 is 0 Å². The Labute approximate surface area is 120 Å². The average molecular weight is 286 g/mol. The third-order valence-electron chi connectivity index (χ3n) is 3.48. The van der Waals surface area contributed by atoms with Crippen molar-refractivity contribution in [1.82, 2.24) is 15.0 Å². The predicted octanol–water partition coefficient (Wildman–Crippen LogP) is 0.954.